The van der Waals surface area contributed by atoms with Crippen LogP contribution in [0.5, 0.6) is 11.5 Å². The van der Waals surface area contributed by atoms with Crippen LogP contribution >= 0.6 is 0 Å². The van der Waals surface area contributed by atoms with Gasteiger partial charge in [-0.3, -0.25) is 4.98 Å². The molecule has 0 aliphatic heterocycles. The molecule has 2 N–H and O–H groups in total. The topological polar surface area (TPSA) is 53.4 Å². The molecular formula is C32H39NO2. The van der Waals surface area contributed by atoms with Gasteiger partial charge in [-0.05, 0) is 87.3 Å². The number of aromatic hydroxyl groups is 2. The van der Waals surface area contributed by atoms with Crippen LogP contribution < -0.4 is 0 Å². The van der Waals surface area contributed by atoms with E-state index in [1.165, 1.54) is 11.1 Å². The molecule has 0 radical (unpaired) electrons. The van der Waals surface area contributed by atoms with Crippen LogP contribution in [0.25, 0.3) is 22.3 Å². The third-order valence-electron chi connectivity index (χ3n) is 6.43. The molecule has 0 saturated heterocycles. The lowest BCUT2D eigenvalue weighted by atomic mass is 9.90. The van der Waals surface area contributed by atoms with Gasteiger partial charge in [0.25, 0.3) is 0 Å². The van der Waals surface area contributed by atoms with Crippen molar-refractivity contribution < 1.29 is 10.2 Å². The van der Waals surface area contributed by atoms with E-state index in [0.717, 1.165) is 66.3 Å². The largest absolute Gasteiger partial charge is 0.508 e. The van der Waals surface area contributed by atoms with Crippen molar-refractivity contribution in [3.63, 3.8) is 0 Å². The third kappa shape index (κ3) is 7.32. The second kappa shape index (κ2) is 12.9. The zero-order valence-corrected chi connectivity index (χ0v) is 21.6. The Morgan fingerprint density at radius 2 is 1.66 bits per heavy atom. The number of hydrogen-bond acceptors (Lipinski definition) is 3. The van der Waals surface area contributed by atoms with Gasteiger partial charge in [-0.25, -0.2) is 0 Å². The van der Waals surface area contributed by atoms with Gasteiger partial charge in [-0.1, -0.05) is 73.4 Å². The SMILES string of the molecule is CCCCCc1cc(O)c(C/C=C(\C)CCC=C(C)C)c(O)c1-c1ccc(-c2cccnc2)cc1. The van der Waals surface area contributed by atoms with Gasteiger partial charge in [0.1, 0.15) is 11.5 Å². The molecule has 0 unspecified atom stereocenters. The number of rotatable bonds is 11. The molecule has 184 valence electrons. The Morgan fingerprint density at radius 1 is 0.914 bits per heavy atom. The van der Waals surface area contributed by atoms with Crippen molar-refractivity contribution in [2.75, 3.05) is 0 Å². The number of nitrogens with zero attached hydrogens (tertiary/aromatic N) is 1. The molecular weight excluding hydrogens is 430 g/mol. The molecule has 0 fully saturated rings. The zero-order chi connectivity index (χ0) is 25.2. The number of benzene rings is 2. The summed E-state index contributed by atoms with van der Waals surface area (Å²) in [5, 5.41) is 22.2. The first-order valence-electron chi connectivity index (χ1n) is 12.8. The lowest BCUT2D eigenvalue weighted by Gasteiger charge is -2.17. The molecule has 3 rings (SSSR count). The maximum Gasteiger partial charge on any atom is 0.130 e. The Labute approximate surface area is 210 Å². The Morgan fingerprint density at radius 3 is 2.31 bits per heavy atom. The number of unbranched alkanes of at least 4 members (excludes halogenated alkanes) is 2. The molecule has 3 aromatic rings. The van der Waals surface area contributed by atoms with E-state index in [1.54, 1.807) is 6.20 Å². The number of hydrogen-bond donors (Lipinski definition) is 2. The van der Waals surface area contributed by atoms with E-state index < -0.39 is 0 Å². The van der Waals surface area contributed by atoms with Gasteiger partial charge in [-0.2, -0.15) is 0 Å². The molecule has 0 aliphatic carbocycles. The Bertz CT molecular complexity index is 1150. The summed E-state index contributed by atoms with van der Waals surface area (Å²) in [6.07, 6.45) is 14.6. The highest BCUT2D eigenvalue weighted by molar-refractivity contribution is 5.79. The van der Waals surface area contributed by atoms with Crippen molar-refractivity contribution in [3.05, 3.63) is 89.3 Å². The summed E-state index contributed by atoms with van der Waals surface area (Å²) in [5.74, 6) is 0.372. The van der Waals surface area contributed by atoms with Crippen molar-refractivity contribution in [3.8, 4) is 33.8 Å². The second-order valence-electron chi connectivity index (χ2n) is 9.61. The monoisotopic (exact) mass is 469 g/mol. The summed E-state index contributed by atoms with van der Waals surface area (Å²) in [6.45, 7) is 8.52. The number of allylic oxidation sites excluding steroid dienone is 4. The zero-order valence-electron chi connectivity index (χ0n) is 21.6. The molecule has 0 aliphatic rings. The lowest BCUT2D eigenvalue weighted by molar-refractivity contribution is 0.440. The number of phenols is 2. The van der Waals surface area contributed by atoms with Crippen LogP contribution in [0.1, 0.15) is 70.9 Å². The first-order valence-corrected chi connectivity index (χ1v) is 12.8. The highest BCUT2D eigenvalue weighted by Gasteiger charge is 2.18. The summed E-state index contributed by atoms with van der Waals surface area (Å²) in [7, 11) is 0. The molecule has 1 aromatic heterocycles. The lowest BCUT2D eigenvalue weighted by Crippen LogP contribution is -1.97. The maximum absolute atomic E-state index is 11.4. The number of aromatic nitrogens is 1. The molecule has 3 heteroatoms. The fourth-order valence-electron chi connectivity index (χ4n) is 4.36. The molecule has 35 heavy (non-hydrogen) atoms. The predicted molar refractivity (Wildman–Crippen MR) is 148 cm³/mol. The van der Waals surface area contributed by atoms with E-state index in [2.05, 4.69) is 69.1 Å². The first kappa shape index (κ1) is 26.3. The minimum absolute atomic E-state index is 0.179. The third-order valence-corrected chi connectivity index (χ3v) is 6.43. The molecule has 0 spiro atoms. The maximum atomic E-state index is 11.4. The standard InChI is InChI=1S/C32H39NO2/c1-5-6-7-12-27-21-30(34)29(19-14-24(4)11-8-10-23(2)3)32(35)31(27)26-17-15-25(16-18-26)28-13-9-20-33-22-28/h9-10,13-18,20-22,34-35H,5-8,11-12,19H2,1-4H3/b24-14+. The molecule has 0 amide bonds. The fourth-order valence-corrected chi connectivity index (χ4v) is 4.36. The van der Waals surface area contributed by atoms with Crippen LogP contribution in [0.2, 0.25) is 0 Å². The van der Waals surface area contributed by atoms with Crippen LogP contribution in [0.4, 0.5) is 0 Å². The van der Waals surface area contributed by atoms with E-state index in [0.29, 0.717) is 12.0 Å². The van der Waals surface area contributed by atoms with Crippen molar-refractivity contribution in [2.24, 2.45) is 0 Å². The van der Waals surface area contributed by atoms with Crippen molar-refractivity contribution in [1.82, 2.24) is 4.98 Å². The van der Waals surface area contributed by atoms with E-state index >= 15 is 0 Å². The highest BCUT2D eigenvalue weighted by atomic mass is 16.3. The fraction of sp³-hybridized carbons (Fsp3) is 0.344. The number of aryl methyl sites for hydroxylation is 1. The number of phenolic OH excluding ortho intramolecular Hbond substituents is 2. The smallest absolute Gasteiger partial charge is 0.130 e. The summed E-state index contributed by atoms with van der Waals surface area (Å²) >= 11 is 0. The minimum atomic E-state index is 0.179. The van der Waals surface area contributed by atoms with Crippen LogP contribution in [-0.2, 0) is 12.8 Å². The second-order valence-corrected chi connectivity index (χ2v) is 9.61. The summed E-state index contributed by atoms with van der Waals surface area (Å²) in [4.78, 5) is 4.22. The van der Waals surface area contributed by atoms with Gasteiger partial charge < -0.3 is 10.2 Å². The molecule has 0 atom stereocenters. The molecule has 2 aromatic carbocycles. The minimum Gasteiger partial charge on any atom is -0.508 e. The molecule has 3 nitrogen and oxygen atoms in total. The molecule has 0 bridgehead atoms. The first-order chi connectivity index (χ1) is 16.9. The Balaban J connectivity index is 1.95. The van der Waals surface area contributed by atoms with Crippen molar-refractivity contribution in [1.29, 1.82) is 0 Å². The van der Waals surface area contributed by atoms with Crippen molar-refractivity contribution >= 4 is 0 Å². The average Bonchev–Trinajstić information content (AvgIpc) is 2.84. The van der Waals surface area contributed by atoms with Gasteiger partial charge >= 0.3 is 0 Å². The van der Waals surface area contributed by atoms with E-state index in [4.69, 9.17) is 0 Å². The average molecular weight is 470 g/mol. The summed E-state index contributed by atoms with van der Waals surface area (Å²) < 4.78 is 0. The quantitative estimate of drug-likeness (QED) is 0.218. The van der Waals surface area contributed by atoms with Gasteiger partial charge in [-0.15, -0.1) is 0 Å². The van der Waals surface area contributed by atoms with Gasteiger partial charge in [0.05, 0.1) is 0 Å². The van der Waals surface area contributed by atoms with Crippen molar-refractivity contribution in [2.45, 2.75) is 72.6 Å². The van der Waals surface area contributed by atoms with Gasteiger partial charge in [0.15, 0.2) is 0 Å². The Hall–Kier alpha value is -3.33. The Kier molecular flexibility index (Phi) is 9.72. The van der Waals surface area contributed by atoms with E-state index in [9.17, 15) is 10.2 Å². The number of pyridine rings is 1. The van der Waals surface area contributed by atoms with Crippen LogP contribution in [0, 0.1) is 0 Å². The van der Waals surface area contributed by atoms with Crippen LogP contribution in [0.3, 0.4) is 0 Å². The van der Waals surface area contributed by atoms with Gasteiger partial charge in [0.2, 0.25) is 0 Å². The molecule has 1 heterocycles. The summed E-state index contributed by atoms with van der Waals surface area (Å²) in [5.41, 5.74) is 8.12. The normalized spacial score (nSPS) is 11.5. The van der Waals surface area contributed by atoms with E-state index in [1.807, 2.05) is 24.4 Å². The predicted octanol–water partition coefficient (Wildman–Crippen LogP) is 8.79. The van der Waals surface area contributed by atoms with Gasteiger partial charge in [0, 0.05) is 23.5 Å². The van der Waals surface area contributed by atoms with Crippen LogP contribution in [0.15, 0.2) is 78.2 Å². The van der Waals surface area contributed by atoms with E-state index in [-0.39, 0.29) is 11.5 Å². The van der Waals surface area contributed by atoms with Crippen LogP contribution in [-0.4, -0.2) is 15.2 Å². The molecule has 0 saturated carbocycles. The highest BCUT2D eigenvalue weighted by Crippen LogP contribution is 2.42. The summed E-state index contributed by atoms with van der Waals surface area (Å²) in [6, 6.07) is 14.1.